The first-order valence-electron chi connectivity index (χ1n) is 6.04. The minimum absolute atomic E-state index is 0.201. The third kappa shape index (κ3) is 2.59. The Morgan fingerprint density at radius 2 is 1.88 bits per heavy atom. The Balaban J connectivity index is 2.55. The molecule has 0 radical (unpaired) electrons. The summed E-state index contributed by atoms with van der Waals surface area (Å²) in [5.74, 6) is 0.980. The quantitative estimate of drug-likeness (QED) is 0.868. The van der Waals surface area contributed by atoms with Gasteiger partial charge in [0.25, 0.3) is 0 Å². The van der Waals surface area contributed by atoms with E-state index in [1.807, 2.05) is 7.05 Å². The summed E-state index contributed by atoms with van der Waals surface area (Å²) in [5.41, 5.74) is 1.24. The van der Waals surface area contributed by atoms with Gasteiger partial charge in [-0.15, -0.1) is 0 Å². The van der Waals surface area contributed by atoms with E-state index in [0.29, 0.717) is 0 Å². The highest BCUT2D eigenvalue weighted by Gasteiger charge is 2.09. The Hall–Kier alpha value is -1.54. The third-order valence-electron chi connectivity index (χ3n) is 2.71. The predicted octanol–water partition coefficient (Wildman–Crippen LogP) is 3.35. The van der Waals surface area contributed by atoms with E-state index < -0.39 is 0 Å². The van der Waals surface area contributed by atoms with Crippen LogP contribution < -0.4 is 10.1 Å². The van der Waals surface area contributed by atoms with Crippen LogP contribution in [0.15, 0.2) is 36.4 Å². The highest BCUT2D eigenvalue weighted by atomic mass is 16.5. The second-order valence-corrected chi connectivity index (χ2v) is 4.46. The molecular formula is C15H19NO. The highest BCUT2D eigenvalue weighted by molar-refractivity contribution is 5.87. The van der Waals surface area contributed by atoms with Gasteiger partial charge in [0.05, 0.1) is 6.10 Å². The van der Waals surface area contributed by atoms with Gasteiger partial charge in [-0.25, -0.2) is 0 Å². The van der Waals surface area contributed by atoms with Crippen molar-refractivity contribution in [3.63, 3.8) is 0 Å². The lowest BCUT2D eigenvalue weighted by Crippen LogP contribution is -2.11. The van der Waals surface area contributed by atoms with Crippen LogP contribution in [0.25, 0.3) is 10.8 Å². The van der Waals surface area contributed by atoms with Gasteiger partial charge in [-0.1, -0.05) is 30.3 Å². The van der Waals surface area contributed by atoms with Crippen LogP contribution in [0.5, 0.6) is 5.75 Å². The standard InChI is InChI=1S/C15H19NO/c1-11(2)17-15-9-8-12-6-4-5-7-13(12)14(15)10-16-3/h4-9,11,16H,10H2,1-3H3. The van der Waals surface area contributed by atoms with Crippen molar-refractivity contribution in [2.75, 3.05) is 7.05 Å². The first-order chi connectivity index (χ1) is 8.22. The monoisotopic (exact) mass is 229 g/mol. The van der Waals surface area contributed by atoms with Crippen LogP contribution in [-0.4, -0.2) is 13.2 Å². The van der Waals surface area contributed by atoms with E-state index in [9.17, 15) is 0 Å². The molecule has 0 unspecified atom stereocenters. The first kappa shape index (κ1) is 11.9. The van der Waals surface area contributed by atoms with E-state index in [4.69, 9.17) is 4.74 Å². The molecule has 0 aromatic heterocycles. The SMILES string of the molecule is CNCc1c(OC(C)C)ccc2ccccc12. The molecule has 0 aliphatic carbocycles. The van der Waals surface area contributed by atoms with Crippen LogP contribution in [0.3, 0.4) is 0 Å². The molecule has 0 saturated carbocycles. The minimum Gasteiger partial charge on any atom is -0.491 e. The molecule has 2 heteroatoms. The fourth-order valence-electron chi connectivity index (χ4n) is 2.04. The van der Waals surface area contributed by atoms with Gasteiger partial charge in [-0.2, -0.15) is 0 Å². The second kappa shape index (κ2) is 5.19. The maximum Gasteiger partial charge on any atom is 0.124 e. The molecule has 2 aromatic rings. The molecule has 90 valence electrons. The topological polar surface area (TPSA) is 21.3 Å². The van der Waals surface area contributed by atoms with E-state index in [1.54, 1.807) is 0 Å². The number of benzene rings is 2. The van der Waals surface area contributed by atoms with Crippen molar-refractivity contribution >= 4 is 10.8 Å². The van der Waals surface area contributed by atoms with Crippen LogP contribution >= 0.6 is 0 Å². The number of hydrogen-bond acceptors (Lipinski definition) is 2. The summed E-state index contributed by atoms with van der Waals surface area (Å²) in [6.07, 6.45) is 0.201. The van der Waals surface area contributed by atoms with Crippen molar-refractivity contribution in [2.24, 2.45) is 0 Å². The lowest BCUT2D eigenvalue weighted by atomic mass is 10.0. The van der Waals surface area contributed by atoms with Gasteiger partial charge in [-0.05, 0) is 37.7 Å². The maximum atomic E-state index is 5.87. The first-order valence-corrected chi connectivity index (χ1v) is 6.04. The minimum atomic E-state index is 0.201. The van der Waals surface area contributed by atoms with Gasteiger partial charge in [-0.3, -0.25) is 0 Å². The summed E-state index contributed by atoms with van der Waals surface area (Å²) in [4.78, 5) is 0. The van der Waals surface area contributed by atoms with Crippen LogP contribution in [0.2, 0.25) is 0 Å². The van der Waals surface area contributed by atoms with Crippen LogP contribution in [-0.2, 0) is 6.54 Å². The molecule has 0 aliphatic heterocycles. The summed E-state index contributed by atoms with van der Waals surface area (Å²) in [6.45, 7) is 4.93. The van der Waals surface area contributed by atoms with Crippen LogP contribution in [0.1, 0.15) is 19.4 Å². The molecule has 0 fully saturated rings. The normalized spacial score (nSPS) is 11.1. The molecule has 0 spiro atoms. The van der Waals surface area contributed by atoms with E-state index in [-0.39, 0.29) is 6.10 Å². The number of ether oxygens (including phenoxy) is 1. The summed E-state index contributed by atoms with van der Waals surface area (Å²) in [6, 6.07) is 12.6. The lowest BCUT2D eigenvalue weighted by molar-refractivity contribution is 0.240. The number of rotatable bonds is 4. The Morgan fingerprint density at radius 1 is 1.12 bits per heavy atom. The van der Waals surface area contributed by atoms with Crippen LogP contribution in [0.4, 0.5) is 0 Å². The van der Waals surface area contributed by atoms with E-state index in [0.717, 1.165) is 12.3 Å². The molecule has 2 rings (SSSR count). The van der Waals surface area contributed by atoms with Crippen molar-refractivity contribution < 1.29 is 4.74 Å². The van der Waals surface area contributed by atoms with Gasteiger partial charge >= 0.3 is 0 Å². The van der Waals surface area contributed by atoms with Crippen molar-refractivity contribution in [3.8, 4) is 5.75 Å². The zero-order valence-corrected chi connectivity index (χ0v) is 10.7. The molecule has 0 aliphatic rings. The van der Waals surface area contributed by atoms with Crippen molar-refractivity contribution in [2.45, 2.75) is 26.5 Å². The van der Waals surface area contributed by atoms with E-state index in [1.165, 1.54) is 16.3 Å². The summed E-state index contributed by atoms with van der Waals surface area (Å²) >= 11 is 0. The van der Waals surface area contributed by atoms with Crippen LogP contribution in [0, 0.1) is 0 Å². The number of nitrogens with one attached hydrogen (secondary N) is 1. The highest BCUT2D eigenvalue weighted by Crippen LogP contribution is 2.28. The molecule has 2 nitrogen and oxygen atoms in total. The molecule has 0 amide bonds. The fourth-order valence-corrected chi connectivity index (χ4v) is 2.04. The zero-order chi connectivity index (χ0) is 12.3. The lowest BCUT2D eigenvalue weighted by Gasteiger charge is -2.16. The Morgan fingerprint density at radius 3 is 2.59 bits per heavy atom. The van der Waals surface area contributed by atoms with E-state index in [2.05, 4.69) is 55.6 Å². The van der Waals surface area contributed by atoms with E-state index >= 15 is 0 Å². The zero-order valence-electron chi connectivity index (χ0n) is 10.7. The van der Waals surface area contributed by atoms with Gasteiger partial charge in [0, 0.05) is 12.1 Å². The molecule has 0 bridgehead atoms. The predicted molar refractivity (Wildman–Crippen MR) is 72.5 cm³/mol. The summed E-state index contributed by atoms with van der Waals surface area (Å²) in [5, 5.41) is 5.73. The Bertz CT molecular complexity index is 505. The third-order valence-corrected chi connectivity index (χ3v) is 2.71. The fraction of sp³-hybridized carbons (Fsp3) is 0.333. The smallest absolute Gasteiger partial charge is 0.124 e. The summed E-state index contributed by atoms with van der Waals surface area (Å²) in [7, 11) is 1.96. The molecule has 0 atom stereocenters. The Labute approximate surface area is 103 Å². The molecule has 17 heavy (non-hydrogen) atoms. The molecule has 0 heterocycles. The molecule has 0 saturated heterocycles. The molecule has 1 N–H and O–H groups in total. The number of hydrogen-bond donors (Lipinski definition) is 1. The van der Waals surface area contributed by atoms with Gasteiger partial charge in [0.15, 0.2) is 0 Å². The largest absolute Gasteiger partial charge is 0.491 e. The van der Waals surface area contributed by atoms with Crippen molar-refractivity contribution in [1.29, 1.82) is 0 Å². The van der Waals surface area contributed by atoms with Gasteiger partial charge in [0.1, 0.15) is 5.75 Å². The summed E-state index contributed by atoms with van der Waals surface area (Å²) < 4.78 is 5.87. The van der Waals surface area contributed by atoms with Gasteiger partial charge < -0.3 is 10.1 Å². The Kier molecular flexibility index (Phi) is 3.64. The van der Waals surface area contributed by atoms with Crippen molar-refractivity contribution in [1.82, 2.24) is 5.32 Å². The average molecular weight is 229 g/mol. The second-order valence-electron chi connectivity index (χ2n) is 4.46. The average Bonchev–Trinajstić information content (AvgIpc) is 2.32. The molecule has 2 aromatic carbocycles. The van der Waals surface area contributed by atoms with Gasteiger partial charge in [0.2, 0.25) is 0 Å². The maximum absolute atomic E-state index is 5.87. The van der Waals surface area contributed by atoms with Crippen molar-refractivity contribution in [3.05, 3.63) is 42.0 Å². The molecular weight excluding hydrogens is 210 g/mol. The number of fused-ring (bicyclic) bond motifs is 1.